The summed E-state index contributed by atoms with van der Waals surface area (Å²) in [5.74, 6) is 0. The number of aryl methyl sites for hydroxylation is 1. The van der Waals surface area contributed by atoms with Gasteiger partial charge in [-0.05, 0) is 44.6 Å². The van der Waals surface area contributed by atoms with E-state index in [0.717, 1.165) is 36.2 Å². The van der Waals surface area contributed by atoms with E-state index in [4.69, 9.17) is 0 Å². The molecule has 2 heterocycles. The molecule has 2 aromatic heterocycles. The van der Waals surface area contributed by atoms with Crippen LogP contribution in [0.1, 0.15) is 32.4 Å². The number of aromatic amines is 1. The molecule has 3 rings (SSSR count). The summed E-state index contributed by atoms with van der Waals surface area (Å²) in [7, 11) is 0. The SMILES string of the molecule is CCN(CC)CC(C)n1c2c[nH]ccc2c2c(C)cc(=O)cc21. The zero-order chi connectivity index (χ0) is 16.6. The van der Waals surface area contributed by atoms with Gasteiger partial charge in [0.2, 0.25) is 0 Å². The van der Waals surface area contributed by atoms with Crippen molar-refractivity contribution in [3.63, 3.8) is 0 Å². The molecular weight excluding hydrogens is 286 g/mol. The highest BCUT2D eigenvalue weighted by Crippen LogP contribution is 2.32. The predicted molar refractivity (Wildman–Crippen MR) is 97.3 cm³/mol. The Hall–Kier alpha value is -2.07. The first-order chi connectivity index (χ1) is 11.1. The molecule has 0 amide bonds. The maximum atomic E-state index is 12.1. The molecule has 0 saturated heterocycles. The first-order valence-electron chi connectivity index (χ1n) is 8.40. The highest BCUT2D eigenvalue weighted by Gasteiger charge is 2.18. The lowest BCUT2D eigenvalue weighted by atomic mass is 10.1. The minimum Gasteiger partial charge on any atom is -0.366 e. The van der Waals surface area contributed by atoms with Crippen LogP contribution in [-0.2, 0) is 0 Å². The second-order valence-corrected chi connectivity index (χ2v) is 6.28. The van der Waals surface area contributed by atoms with Crippen LogP contribution >= 0.6 is 0 Å². The first-order valence-corrected chi connectivity index (χ1v) is 8.40. The molecule has 0 aliphatic rings. The highest BCUT2D eigenvalue weighted by molar-refractivity contribution is 6.09. The van der Waals surface area contributed by atoms with Crippen molar-refractivity contribution in [2.24, 2.45) is 0 Å². The average molecular weight is 311 g/mol. The molecule has 0 spiro atoms. The van der Waals surface area contributed by atoms with Gasteiger partial charge in [0.1, 0.15) is 0 Å². The lowest BCUT2D eigenvalue weighted by molar-refractivity contribution is 0.265. The summed E-state index contributed by atoms with van der Waals surface area (Å²) >= 11 is 0. The third-order valence-corrected chi connectivity index (χ3v) is 4.78. The van der Waals surface area contributed by atoms with Gasteiger partial charge in [0.25, 0.3) is 0 Å². The number of likely N-dealkylation sites (N-methyl/N-ethyl adjacent to an activating group) is 1. The average Bonchev–Trinajstić information content (AvgIpc) is 2.86. The number of nitrogens with one attached hydrogen (secondary N) is 1. The minimum absolute atomic E-state index is 0.0816. The largest absolute Gasteiger partial charge is 0.366 e. The van der Waals surface area contributed by atoms with Gasteiger partial charge in [0.15, 0.2) is 5.43 Å². The van der Waals surface area contributed by atoms with Gasteiger partial charge in [-0.1, -0.05) is 13.8 Å². The summed E-state index contributed by atoms with van der Waals surface area (Å²) in [4.78, 5) is 17.7. The maximum absolute atomic E-state index is 12.1. The summed E-state index contributed by atoms with van der Waals surface area (Å²) in [6.45, 7) is 11.7. The molecule has 0 fully saturated rings. The van der Waals surface area contributed by atoms with Crippen LogP contribution in [0.2, 0.25) is 0 Å². The Bertz CT molecular complexity index is 887. The van der Waals surface area contributed by atoms with Crippen molar-refractivity contribution >= 4 is 21.8 Å². The molecule has 122 valence electrons. The van der Waals surface area contributed by atoms with Gasteiger partial charge in [-0.25, -0.2) is 0 Å². The number of hydrogen-bond donors (Lipinski definition) is 1. The van der Waals surface area contributed by atoms with Crippen LogP contribution in [0.25, 0.3) is 21.8 Å². The Kier molecular flexibility index (Phi) is 4.26. The second kappa shape index (κ2) is 6.20. The normalized spacial score (nSPS) is 13.3. The van der Waals surface area contributed by atoms with Gasteiger partial charge in [-0.3, -0.25) is 4.79 Å². The third kappa shape index (κ3) is 2.68. The quantitative estimate of drug-likeness (QED) is 0.780. The molecule has 1 atom stereocenters. The zero-order valence-corrected chi connectivity index (χ0v) is 14.4. The maximum Gasteiger partial charge on any atom is 0.181 e. The van der Waals surface area contributed by atoms with Crippen molar-refractivity contribution in [3.05, 3.63) is 46.4 Å². The fourth-order valence-corrected chi connectivity index (χ4v) is 3.65. The van der Waals surface area contributed by atoms with E-state index in [-0.39, 0.29) is 5.43 Å². The van der Waals surface area contributed by atoms with E-state index in [1.165, 1.54) is 10.8 Å². The fourth-order valence-electron chi connectivity index (χ4n) is 3.65. The van der Waals surface area contributed by atoms with E-state index in [1.54, 1.807) is 12.1 Å². The van der Waals surface area contributed by atoms with Gasteiger partial charge in [-0.15, -0.1) is 0 Å². The van der Waals surface area contributed by atoms with Crippen LogP contribution in [0.4, 0.5) is 0 Å². The zero-order valence-electron chi connectivity index (χ0n) is 14.4. The smallest absolute Gasteiger partial charge is 0.181 e. The Balaban J connectivity index is 2.27. The number of benzene rings is 1. The molecule has 1 aromatic carbocycles. The van der Waals surface area contributed by atoms with Crippen molar-refractivity contribution in [1.82, 2.24) is 14.5 Å². The Morgan fingerprint density at radius 3 is 2.65 bits per heavy atom. The molecule has 0 saturated carbocycles. The summed E-state index contributed by atoms with van der Waals surface area (Å²) in [6.07, 6.45) is 3.99. The van der Waals surface area contributed by atoms with Crippen molar-refractivity contribution < 1.29 is 0 Å². The van der Waals surface area contributed by atoms with Gasteiger partial charge in [-0.2, -0.15) is 0 Å². The standard InChI is InChI=1S/C19H25N3O/c1-5-21(6-2)12-14(4)22-17-10-15(23)9-13(3)19(17)16-7-8-20-11-18(16)22/h7-11,14,20H,5-6,12H2,1-4H3. The molecule has 0 aliphatic carbocycles. The Morgan fingerprint density at radius 2 is 1.96 bits per heavy atom. The summed E-state index contributed by atoms with van der Waals surface area (Å²) < 4.78 is 2.31. The van der Waals surface area contributed by atoms with Gasteiger partial charge in [0, 0.05) is 41.8 Å². The lowest BCUT2D eigenvalue weighted by Crippen LogP contribution is -2.29. The molecule has 23 heavy (non-hydrogen) atoms. The van der Waals surface area contributed by atoms with Crippen LogP contribution in [0.3, 0.4) is 0 Å². The molecule has 0 aliphatic heterocycles. The van der Waals surface area contributed by atoms with Crippen LogP contribution in [0.5, 0.6) is 0 Å². The molecule has 0 radical (unpaired) electrons. The molecule has 0 bridgehead atoms. The van der Waals surface area contributed by atoms with Gasteiger partial charge < -0.3 is 14.5 Å². The number of nitrogens with zero attached hydrogens (tertiary/aromatic N) is 2. The van der Waals surface area contributed by atoms with Crippen LogP contribution in [0.15, 0.2) is 35.4 Å². The molecule has 1 N–H and O–H groups in total. The third-order valence-electron chi connectivity index (χ3n) is 4.78. The van der Waals surface area contributed by atoms with Crippen molar-refractivity contribution in [1.29, 1.82) is 0 Å². The number of hydrogen-bond acceptors (Lipinski definition) is 2. The summed E-state index contributed by atoms with van der Waals surface area (Å²) in [6, 6.07) is 5.92. The van der Waals surface area contributed by atoms with E-state index in [0.29, 0.717) is 6.04 Å². The molecule has 4 nitrogen and oxygen atoms in total. The van der Waals surface area contributed by atoms with Crippen molar-refractivity contribution in [3.8, 4) is 0 Å². The van der Waals surface area contributed by atoms with Crippen LogP contribution in [0, 0.1) is 6.92 Å². The van der Waals surface area contributed by atoms with E-state index in [1.807, 2.05) is 19.3 Å². The van der Waals surface area contributed by atoms with Crippen LogP contribution in [-0.4, -0.2) is 34.1 Å². The van der Waals surface area contributed by atoms with E-state index in [2.05, 4.69) is 41.3 Å². The highest BCUT2D eigenvalue weighted by atomic mass is 16.1. The number of aromatic nitrogens is 2. The van der Waals surface area contributed by atoms with E-state index < -0.39 is 0 Å². The number of rotatable bonds is 5. The van der Waals surface area contributed by atoms with Gasteiger partial charge in [0.05, 0.1) is 11.0 Å². The lowest BCUT2D eigenvalue weighted by Gasteiger charge is -2.25. The topological polar surface area (TPSA) is 41.0 Å². The van der Waals surface area contributed by atoms with Crippen LogP contribution < -0.4 is 5.43 Å². The Labute approximate surface area is 136 Å². The fraction of sp³-hybridized carbons (Fsp3) is 0.421. The summed E-state index contributed by atoms with van der Waals surface area (Å²) in [5.41, 5.74) is 3.34. The number of fused-ring (bicyclic) bond motifs is 3. The second-order valence-electron chi connectivity index (χ2n) is 6.28. The minimum atomic E-state index is 0.0816. The van der Waals surface area contributed by atoms with Crippen molar-refractivity contribution in [2.75, 3.05) is 19.6 Å². The van der Waals surface area contributed by atoms with E-state index in [9.17, 15) is 4.79 Å². The van der Waals surface area contributed by atoms with E-state index >= 15 is 0 Å². The molecular formula is C19H25N3O. The number of pyridine rings is 1. The predicted octanol–water partition coefficient (Wildman–Crippen LogP) is 3.69. The molecule has 1 unspecified atom stereocenters. The van der Waals surface area contributed by atoms with Crippen molar-refractivity contribution in [2.45, 2.75) is 33.7 Å². The van der Waals surface area contributed by atoms with Gasteiger partial charge >= 0.3 is 0 Å². The Morgan fingerprint density at radius 1 is 1.22 bits per heavy atom. The molecule has 3 aromatic rings. The summed E-state index contributed by atoms with van der Waals surface area (Å²) in [5, 5.41) is 2.41. The first kappa shape index (κ1) is 15.8. The number of H-pyrrole nitrogens is 1. The monoisotopic (exact) mass is 311 g/mol. The molecule has 4 heteroatoms.